The van der Waals surface area contributed by atoms with Crippen molar-refractivity contribution in [3.05, 3.63) is 27.4 Å². The Balaban J connectivity index is 1.91. The van der Waals surface area contributed by atoms with Gasteiger partial charge >= 0.3 is 5.69 Å². The lowest BCUT2D eigenvalue weighted by atomic mass is 9.97. The molecule has 0 aromatic carbocycles. The first-order valence-corrected chi connectivity index (χ1v) is 6.22. The third-order valence-corrected chi connectivity index (χ3v) is 3.59. The normalized spacial score (nSPS) is 23.6. The molecule has 3 heterocycles. The largest absolute Gasteiger partial charge is 0.376 e. The molecule has 1 atom stereocenters. The molecule has 2 aliphatic rings. The summed E-state index contributed by atoms with van der Waals surface area (Å²) in [6, 6.07) is 0. The molecule has 5 heteroatoms. The van der Waals surface area contributed by atoms with Crippen molar-refractivity contribution >= 4 is 0 Å². The van der Waals surface area contributed by atoms with Crippen LogP contribution in [0.2, 0.25) is 0 Å². The number of hydrogen-bond acceptors (Lipinski definition) is 4. The average molecular weight is 235 g/mol. The van der Waals surface area contributed by atoms with Crippen LogP contribution in [0.1, 0.15) is 23.4 Å². The molecule has 17 heavy (non-hydrogen) atoms. The first kappa shape index (κ1) is 10.9. The second-order valence-electron chi connectivity index (χ2n) is 4.81. The van der Waals surface area contributed by atoms with E-state index in [2.05, 4.69) is 15.3 Å². The quantitative estimate of drug-likeness (QED) is 0.757. The Labute approximate surface area is 99.6 Å². The third kappa shape index (κ3) is 2.25. The first-order valence-electron chi connectivity index (χ1n) is 6.22. The van der Waals surface area contributed by atoms with Gasteiger partial charge in [0.1, 0.15) is 0 Å². The van der Waals surface area contributed by atoms with E-state index in [9.17, 15) is 4.79 Å². The van der Waals surface area contributed by atoms with Crippen LogP contribution in [-0.2, 0) is 24.2 Å². The van der Waals surface area contributed by atoms with Crippen LogP contribution in [0.15, 0.2) is 4.79 Å². The van der Waals surface area contributed by atoms with E-state index in [1.54, 1.807) is 0 Å². The molecule has 0 saturated carbocycles. The maximum Gasteiger partial charge on any atom is 0.345 e. The Morgan fingerprint density at radius 3 is 3.24 bits per heavy atom. The zero-order valence-corrected chi connectivity index (χ0v) is 9.79. The summed E-state index contributed by atoms with van der Waals surface area (Å²) in [5.74, 6) is 0.607. The standard InChI is InChI=1S/C12H17N3O2/c16-12-14-10-2-4-17-7-9(10)11(15-12)5-8-1-3-13-6-8/h8,13H,1-7H2,(H,14,15,16). The van der Waals surface area contributed by atoms with Gasteiger partial charge < -0.3 is 15.0 Å². The molecule has 2 aliphatic heterocycles. The predicted molar refractivity (Wildman–Crippen MR) is 62.9 cm³/mol. The average Bonchev–Trinajstić information content (AvgIpc) is 2.81. The fraction of sp³-hybridized carbons (Fsp3) is 0.667. The van der Waals surface area contributed by atoms with Gasteiger partial charge in [-0.05, 0) is 31.8 Å². The third-order valence-electron chi connectivity index (χ3n) is 3.59. The number of nitrogens with zero attached hydrogens (tertiary/aromatic N) is 1. The summed E-state index contributed by atoms with van der Waals surface area (Å²) in [6.07, 6.45) is 2.86. The molecule has 0 aliphatic carbocycles. The molecule has 0 amide bonds. The van der Waals surface area contributed by atoms with Crippen LogP contribution in [0.4, 0.5) is 0 Å². The fourth-order valence-corrected chi connectivity index (χ4v) is 2.66. The van der Waals surface area contributed by atoms with Gasteiger partial charge in [-0.25, -0.2) is 4.79 Å². The molecule has 1 aromatic rings. The Hall–Kier alpha value is -1.20. The van der Waals surface area contributed by atoms with E-state index in [1.807, 2.05) is 0 Å². The molecule has 0 radical (unpaired) electrons. The van der Waals surface area contributed by atoms with Gasteiger partial charge in [0.25, 0.3) is 0 Å². The van der Waals surface area contributed by atoms with Crippen LogP contribution in [0.5, 0.6) is 0 Å². The molecule has 92 valence electrons. The van der Waals surface area contributed by atoms with Gasteiger partial charge in [-0.1, -0.05) is 0 Å². The zero-order chi connectivity index (χ0) is 11.7. The van der Waals surface area contributed by atoms with Gasteiger partial charge in [0, 0.05) is 17.7 Å². The van der Waals surface area contributed by atoms with Crippen molar-refractivity contribution in [2.45, 2.75) is 25.9 Å². The highest BCUT2D eigenvalue weighted by Gasteiger charge is 2.21. The number of ether oxygens (including phenoxy) is 1. The molecule has 5 nitrogen and oxygen atoms in total. The van der Waals surface area contributed by atoms with Crippen LogP contribution in [0.25, 0.3) is 0 Å². The van der Waals surface area contributed by atoms with Gasteiger partial charge in [-0.2, -0.15) is 4.98 Å². The SMILES string of the molecule is O=c1nc(CC2CCNC2)c2c([nH]1)CCOC2. The van der Waals surface area contributed by atoms with Gasteiger partial charge in [0.05, 0.1) is 18.9 Å². The molecule has 1 unspecified atom stereocenters. The summed E-state index contributed by atoms with van der Waals surface area (Å²) >= 11 is 0. The molecule has 0 bridgehead atoms. The zero-order valence-electron chi connectivity index (χ0n) is 9.79. The number of rotatable bonds is 2. The van der Waals surface area contributed by atoms with E-state index >= 15 is 0 Å². The monoisotopic (exact) mass is 235 g/mol. The minimum absolute atomic E-state index is 0.216. The van der Waals surface area contributed by atoms with Crippen molar-refractivity contribution in [1.82, 2.24) is 15.3 Å². The number of nitrogens with one attached hydrogen (secondary N) is 2. The molecule has 1 aromatic heterocycles. The van der Waals surface area contributed by atoms with Crippen molar-refractivity contribution in [3.8, 4) is 0 Å². The lowest BCUT2D eigenvalue weighted by Crippen LogP contribution is -2.25. The van der Waals surface area contributed by atoms with E-state index < -0.39 is 0 Å². The van der Waals surface area contributed by atoms with Gasteiger partial charge in [0.15, 0.2) is 0 Å². The summed E-state index contributed by atoms with van der Waals surface area (Å²) in [5.41, 5.74) is 2.86. The van der Waals surface area contributed by atoms with Gasteiger partial charge in [-0.3, -0.25) is 0 Å². The number of hydrogen-bond donors (Lipinski definition) is 2. The molecular formula is C12H17N3O2. The maximum absolute atomic E-state index is 11.5. The van der Waals surface area contributed by atoms with Crippen molar-refractivity contribution in [2.75, 3.05) is 19.7 Å². The number of aromatic nitrogens is 2. The van der Waals surface area contributed by atoms with E-state index in [4.69, 9.17) is 4.74 Å². The Kier molecular flexibility index (Phi) is 2.94. The van der Waals surface area contributed by atoms with Crippen LogP contribution < -0.4 is 11.0 Å². The smallest absolute Gasteiger partial charge is 0.345 e. The lowest BCUT2D eigenvalue weighted by molar-refractivity contribution is 0.107. The fourth-order valence-electron chi connectivity index (χ4n) is 2.66. The summed E-state index contributed by atoms with van der Waals surface area (Å²) in [6.45, 7) is 3.39. The van der Waals surface area contributed by atoms with E-state index in [-0.39, 0.29) is 5.69 Å². The van der Waals surface area contributed by atoms with Crippen molar-refractivity contribution in [3.63, 3.8) is 0 Å². The van der Waals surface area contributed by atoms with Crippen molar-refractivity contribution < 1.29 is 4.74 Å². The molecular weight excluding hydrogens is 218 g/mol. The van der Waals surface area contributed by atoms with E-state index in [1.165, 1.54) is 6.42 Å². The van der Waals surface area contributed by atoms with Crippen LogP contribution >= 0.6 is 0 Å². The van der Waals surface area contributed by atoms with E-state index in [0.717, 1.165) is 42.9 Å². The summed E-state index contributed by atoms with van der Waals surface area (Å²) < 4.78 is 5.46. The highest BCUT2D eigenvalue weighted by molar-refractivity contribution is 5.26. The molecule has 1 saturated heterocycles. The Morgan fingerprint density at radius 2 is 2.41 bits per heavy atom. The van der Waals surface area contributed by atoms with Crippen LogP contribution in [0.3, 0.4) is 0 Å². The molecule has 3 rings (SSSR count). The number of fused-ring (bicyclic) bond motifs is 1. The Bertz CT molecular complexity index is 463. The predicted octanol–water partition coefficient (Wildman–Crippen LogP) is -0.00540. The topological polar surface area (TPSA) is 67.0 Å². The van der Waals surface area contributed by atoms with Crippen LogP contribution in [-0.4, -0.2) is 29.7 Å². The molecule has 2 N–H and O–H groups in total. The van der Waals surface area contributed by atoms with Crippen molar-refractivity contribution in [1.29, 1.82) is 0 Å². The highest BCUT2D eigenvalue weighted by Crippen LogP contribution is 2.20. The van der Waals surface area contributed by atoms with Gasteiger partial charge in [0.2, 0.25) is 0 Å². The van der Waals surface area contributed by atoms with Gasteiger partial charge in [-0.15, -0.1) is 0 Å². The first-order chi connectivity index (χ1) is 8.33. The second kappa shape index (κ2) is 4.58. The summed E-state index contributed by atoms with van der Waals surface area (Å²) in [5, 5.41) is 3.34. The van der Waals surface area contributed by atoms with Crippen LogP contribution in [0, 0.1) is 5.92 Å². The highest BCUT2D eigenvalue weighted by atomic mass is 16.5. The Morgan fingerprint density at radius 1 is 1.47 bits per heavy atom. The lowest BCUT2D eigenvalue weighted by Gasteiger charge is -2.19. The number of H-pyrrole nitrogens is 1. The van der Waals surface area contributed by atoms with Crippen molar-refractivity contribution in [2.24, 2.45) is 5.92 Å². The molecule has 1 fully saturated rings. The summed E-state index contributed by atoms with van der Waals surface area (Å²) in [4.78, 5) is 18.5. The van der Waals surface area contributed by atoms with E-state index in [0.29, 0.717) is 19.1 Å². The number of aromatic amines is 1. The minimum atomic E-state index is -0.216. The second-order valence-corrected chi connectivity index (χ2v) is 4.81. The molecule has 0 spiro atoms. The maximum atomic E-state index is 11.5. The summed E-state index contributed by atoms with van der Waals surface area (Å²) in [7, 11) is 0. The minimum Gasteiger partial charge on any atom is -0.376 e.